The molecule has 24 heavy (non-hydrogen) atoms. The molecule has 0 saturated carbocycles. The fourth-order valence-electron chi connectivity index (χ4n) is 2.54. The summed E-state index contributed by atoms with van der Waals surface area (Å²) >= 11 is 0. The summed E-state index contributed by atoms with van der Waals surface area (Å²) in [6.45, 7) is 8.66. The minimum Gasteiger partial charge on any atom is -0.481 e. The Labute approximate surface area is 144 Å². The number of carbonyl (C=O) groups excluding carboxylic acids is 1. The van der Waals surface area contributed by atoms with Gasteiger partial charge in [0.15, 0.2) is 6.10 Å². The molecule has 0 saturated heterocycles. The number of carbonyl (C=O) groups is 1. The molecule has 0 aliphatic carbocycles. The second-order valence-electron chi connectivity index (χ2n) is 6.43. The molecular formula is C20H27NO3. The third-order valence-electron chi connectivity index (χ3n) is 3.94. The molecule has 2 rings (SSSR count). The summed E-state index contributed by atoms with van der Waals surface area (Å²) in [7, 11) is 0. The quantitative estimate of drug-likeness (QED) is 0.737. The molecule has 1 aromatic heterocycles. The van der Waals surface area contributed by atoms with Crippen LogP contribution in [0.5, 0.6) is 5.75 Å². The first-order valence-corrected chi connectivity index (χ1v) is 8.54. The zero-order chi connectivity index (χ0) is 17.5. The van der Waals surface area contributed by atoms with E-state index in [2.05, 4.69) is 31.3 Å². The summed E-state index contributed by atoms with van der Waals surface area (Å²) in [5.74, 6) is 1.99. The number of aryl methyl sites for hydroxylation is 2. The van der Waals surface area contributed by atoms with Gasteiger partial charge in [-0.05, 0) is 55.5 Å². The summed E-state index contributed by atoms with van der Waals surface area (Å²) in [5.41, 5.74) is 2.25. The molecule has 0 spiro atoms. The summed E-state index contributed by atoms with van der Waals surface area (Å²) in [6, 6.07) is 9.96. The number of hydrogen-bond donors (Lipinski definition) is 1. The van der Waals surface area contributed by atoms with Crippen LogP contribution in [-0.4, -0.2) is 18.6 Å². The third-order valence-corrected chi connectivity index (χ3v) is 3.94. The Morgan fingerprint density at radius 2 is 2.04 bits per heavy atom. The van der Waals surface area contributed by atoms with E-state index in [4.69, 9.17) is 9.15 Å². The minimum atomic E-state index is -0.520. The molecule has 0 bridgehead atoms. The minimum absolute atomic E-state index is 0.0920. The molecular weight excluding hydrogens is 302 g/mol. The lowest BCUT2D eigenvalue weighted by molar-refractivity contribution is -0.127. The van der Waals surface area contributed by atoms with Gasteiger partial charge in [0.05, 0.1) is 6.26 Å². The van der Waals surface area contributed by atoms with E-state index in [0.717, 1.165) is 35.5 Å². The number of rotatable bonds is 8. The van der Waals surface area contributed by atoms with Gasteiger partial charge in [0.25, 0.3) is 5.91 Å². The molecule has 0 unspecified atom stereocenters. The van der Waals surface area contributed by atoms with E-state index in [-0.39, 0.29) is 5.91 Å². The van der Waals surface area contributed by atoms with E-state index in [9.17, 15) is 4.79 Å². The van der Waals surface area contributed by atoms with Crippen molar-refractivity contribution in [1.29, 1.82) is 0 Å². The van der Waals surface area contributed by atoms with Crippen LogP contribution in [0.25, 0.3) is 0 Å². The molecule has 130 valence electrons. The number of hydrogen-bond acceptors (Lipinski definition) is 3. The molecule has 2 aromatic rings. The normalized spacial score (nSPS) is 12.2. The van der Waals surface area contributed by atoms with Crippen molar-refractivity contribution in [2.24, 2.45) is 0 Å². The predicted octanol–water partition coefficient (Wildman–Crippen LogP) is 4.23. The first-order valence-electron chi connectivity index (χ1n) is 8.54. The lowest BCUT2D eigenvalue weighted by atomic mass is 10.0. The molecule has 1 atom stereocenters. The maximum atomic E-state index is 12.2. The average Bonchev–Trinajstić information content (AvgIpc) is 3.04. The fourth-order valence-corrected chi connectivity index (χ4v) is 2.54. The summed E-state index contributed by atoms with van der Waals surface area (Å²) in [6.07, 6.45) is 2.80. The van der Waals surface area contributed by atoms with Crippen molar-refractivity contribution in [3.63, 3.8) is 0 Å². The van der Waals surface area contributed by atoms with Crippen molar-refractivity contribution in [2.75, 3.05) is 6.54 Å². The second-order valence-corrected chi connectivity index (χ2v) is 6.43. The molecule has 0 aliphatic heterocycles. The van der Waals surface area contributed by atoms with Crippen molar-refractivity contribution in [3.8, 4) is 5.75 Å². The zero-order valence-electron chi connectivity index (χ0n) is 15.0. The van der Waals surface area contributed by atoms with Crippen LogP contribution < -0.4 is 10.1 Å². The van der Waals surface area contributed by atoms with Gasteiger partial charge in [-0.15, -0.1) is 0 Å². The maximum absolute atomic E-state index is 12.2. The highest BCUT2D eigenvalue weighted by atomic mass is 16.5. The van der Waals surface area contributed by atoms with E-state index in [0.29, 0.717) is 12.5 Å². The molecule has 0 radical (unpaired) electrons. The molecule has 0 fully saturated rings. The van der Waals surface area contributed by atoms with Crippen molar-refractivity contribution >= 4 is 5.91 Å². The molecule has 4 heteroatoms. The number of nitrogens with one attached hydrogen (secondary N) is 1. The van der Waals surface area contributed by atoms with Crippen molar-refractivity contribution in [2.45, 2.75) is 52.6 Å². The monoisotopic (exact) mass is 329 g/mol. The van der Waals surface area contributed by atoms with Crippen LogP contribution >= 0.6 is 0 Å². The fraction of sp³-hybridized carbons (Fsp3) is 0.450. The standard InChI is InChI=1S/C20H27NO3/c1-14(2)18-10-9-15(3)13-19(18)24-16(4)20(22)21-11-5-7-17-8-6-12-23-17/h6,8-10,12-14,16H,5,7,11H2,1-4H3,(H,21,22)/t16-/m0/s1. The van der Waals surface area contributed by atoms with Gasteiger partial charge in [0.1, 0.15) is 11.5 Å². The summed E-state index contributed by atoms with van der Waals surface area (Å²) in [4.78, 5) is 12.2. The number of furan rings is 1. The van der Waals surface area contributed by atoms with Crippen LogP contribution in [0.4, 0.5) is 0 Å². The maximum Gasteiger partial charge on any atom is 0.260 e. The molecule has 1 heterocycles. The Morgan fingerprint density at radius 3 is 2.71 bits per heavy atom. The van der Waals surface area contributed by atoms with Crippen molar-refractivity contribution < 1.29 is 13.9 Å². The molecule has 1 N–H and O–H groups in total. The molecule has 1 amide bonds. The molecule has 1 aromatic carbocycles. The Bertz CT molecular complexity index is 647. The van der Waals surface area contributed by atoms with Gasteiger partial charge < -0.3 is 14.5 Å². The van der Waals surface area contributed by atoms with Gasteiger partial charge in [-0.3, -0.25) is 4.79 Å². The van der Waals surface area contributed by atoms with E-state index in [1.54, 1.807) is 13.2 Å². The number of amides is 1. The van der Waals surface area contributed by atoms with Crippen LogP contribution in [-0.2, 0) is 11.2 Å². The second kappa shape index (κ2) is 8.57. The topological polar surface area (TPSA) is 51.5 Å². The predicted molar refractivity (Wildman–Crippen MR) is 95.4 cm³/mol. The van der Waals surface area contributed by atoms with Crippen molar-refractivity contribution in [3.05, 3.63) is 53.5 Å². The van der Waals surface area contributed by atoms with Gasteiger partial charge in [0, 0.05) is 13.0 Å². The van der Waals surface area contributed by atoms with Gasteiger partial charge in [-0.1, -0.05) is 26.0 Å². The Hall–Kier alpha value is -2.23. The van der Waals surface area contributed by atoms with Crippen LogP contribution in [0, 0.1) is 6.92 Å². The highest BCUT2D eigenvalue weighted by Crippen LogP contribution is 2.28. The SMILES string of the molecule is Cc1ccc(C(C)C)c(O[C@@H](C)C(=O)NCCCc2ccco2)c1. The van der Waals surface area contributed by atoms with Gasteiger partial charge in [0.2, 0.25) is 0 Å². The van der Waals surface area contributed by atoms with E-state index in [1.165, 1.54) is 0 Å². The molecule has 4 nitrogen and oxygen atoms in total. The first kappa shape index (κ1) is 18.1. The van der Waals surface area contributed by atoms with Crippen LogP contribution in [0.3, 0.4) is 0 Å². The smallest absolute Gasteiger partial charge is 0.260 e. The van der Waals surface area contributed by atoms with Gasteiger partial charge >= 0.3 is 0 Å². The van der Waals surface area contributed by atoms with Crippen LogP contribution in [0.1, 0.15) is 50.0 Å². The summed E-state index contributed by atoms with van der Waals surface area (Å²) in [5, 5.41) is 2.92. The average molecular weight is 329 g/mol. The Kier molecular flexibility index (Phi) is 6.47. The van der Waals surface area contributed by atoms with Crippen molar-refractivity contribution in [1.82, 2.24) is 5.32 Å². The highest BCUT2D eigenvalue weighted by molar-refractivity contribution is 5.80. The first-order chi connectivity index (χ1) is 11.5. The summed E-state index contributed by atoms with van der Waals surface area (Å²) < 4.78 is 11.2. The number of benzene rings is 1. The molecule has 0 aliphatic rings. The van der Waals surface area contributed by atoms with Gasteiger partial charge in [-0.25, -0.2) is 0 Å². The largest absolute Gasteiger partial charge is 0.481 e. The Balaban J connectivity index is 1.84. The highest BCUT2D eigenvalue weighted by Gasteiger charge is 2.17. The van der Waals surface area contributed by atoms with E-state index < -0.39 is 6.10 Å². The van der Waals surface area contributed by atoms with Gasteiger partial charge in [-0.2, -0.15) is 0 Å². The zero-order valence-corrected chi connectivity index (χ0v) is 15.0. The lowest BCUT2D eigenvalue weighted by Gasteiger charge is -2.19. The lowest BCUT2D eigenvalue weighted by Crippen LogP contribution is -2.37. The van der Waals surface area contributed by atoms with E-state index in [1.807, 2.05) is 25.1 Å². The van der Waals surface area contributed by atoms with Crippen LogP contribution in [0.2, 0.25) is 0 Å². The Morgan fingerprint density at radius 1 is 1.25 bits per heavy atom. The number of ether oxygens (including phenoxy) is 1. The van der Waals surface area contributed by atoms with E-state index >= 15 is 0 Å². The third kappa shape index (κ3) is 5.15. The van der Waals surface area contributed by atoms with Crippen LogP contribution in [0.15, 0.2) is 41.0 Å².